The lowest BCUT2D eigenvalue weighted by Crippen LogP contribution is -2.52. The van der Waals surface area contributed by atoms with E-state index < -0.39 is 17.4 Å². The number of anilines is 1. The minimum absolute atomic E-state index is 0.0395. The Morgan fingerprint density at radius 3 is 2.24 bits per heavy atom. The van der Waals surface area contributed by atoms with Crippen LogP contribution >= 0.6 is 0 Å². The van der Waals surface area contributed by atoms with Crippen LogP contribution in [0.5, 0.6) is 0 Å². The highest BCUT2D eigenvalue weighted by Gasteiger charge is 2.38. The summed E-state index contributed by atoms with van der Waals surface area (Å²) < 4.78 is 39.6. The molecule has 1 saturated heterocycles. The van der Waals surface area contributed by atoms with E-state index in [0.717, 1.165) is 0 Å². The number of rotatable bonds is 1. The number of hydrogen-bond acceptors (Lipinski definition) is 5. The van der Waals surface area contributed by atoms with Gasteiger partial charge in [0.1, 0.15) is 5.82 Å². The molecule has 0 N–H and O–H groups in total. The molecular weight excluding hydrogens is 337 g/mol. The summed E-state index contributed by atoms with van der Waals surface area (Å²) in [5.41, 5.74) is -0.415. The molecule has 25 heavy (non-hydrogen) atoms. The summed E-state index contributed by atoms with van der Waals surface area (Å²) >= 11 is 0. The molecule has 136 valence electrons. The molecule has 0 bridgehead atoms. The van der Waals surface area contributed by atoms with Gasteiger partial charge in [0.2, 0.25) is 5.91 Å². The number of carbonyl (C=O) groups excluding carboxylic acids is 1. The number of hydrogen-bond donors (Lipinski definition) is 0. The highest BCUT2D eigenvalue weighted by molar-refractivity contribution is 5.81. The van der Waals surface area contributed by atoms with Crippen molar-refractivity contribution in [3.05, 3.63) is 18.0 Å². The molecule has 3 heterocycles. The molecule has 0 aromatic carbocycles. The number of alkyl halides is 3. The van der Waals surface area contributed by atoms with E-state index in [9.17, 15) is 18.0 Å². The predicted molar refractivity (Wildman–Crippen MR) is 84.0 cm³/mol. The lowest BCUT2D eigenvalue weighted by Gasteiger charge is -2.38. The van der Waals surface area contributed by atoms with Crippen LogP contribution in [0.15, 0.2) is 12.1 Å². The second-order valence-electron chi connectivity index (χ2n) is 7.01. The Labute approximate surface area is 142 Å². The Morgan fingerprint density at radius 2 is 1.68 bits per heavy atom. The molecule has 3 rings (SSSR count). The molecule has 0 radical (unpaired) electrons. The monoisotopic (exact) mass is 356 g/mol. The molecule has 10 heteroatoms. The molecule has 7 nitrogen and oxygen atoms in total. The number of aromatic nitrogens is 4. The van der Waals surface area contributed by atoms with Crippen LogP contribution in [0.2, 0.25) is 0 Å². The van der Waals surface area contributed by atoms with Crippen LogP contribution in [0, 0.1) is 5.41 Å². The van der Waals surface area contributed by atoms with Gasteiger partial charge in [-0.1, -0.05) is 20.8 Å². The zero-order chi connectivity index (χ0) is 18.4. The zero-order valence-electron chi connectivity index (χ0n) is 14.2. The average molecular weight is 356 g/mol. The Kier molecular flexibility index (Phi) is 4.08. The van der Waals surface area contributed by atoms with Crippen molar-refractivity contribution in [2.24, 2.45) is 5.41 Å². The fourth-order valence-corrected chi connectivity index (χ4v) is 2.74. The minimum Gasteiger partial charge on any atom is -0.352 e. The summed E-state index contributed by atoms with van der Waals surface area (Å²) in [5.74, 6) is -0.680. The van der Waals surface area contributed by atoms with Gasteiger partial charge in [0, 0.05) is 31.6 Å². The lowest BCUT2D eigenvalue weighted by molar-refractivity contribution is -0.146. The first kappa shape index (κ1) is 17.4. The van der Waals surface area contributed by atoms with Gasteiger partial charge in [-0.15, -0.1) is 15.3 Å². The third-order valence-corrected chi connectivity index (χ3v) is 4.03. The molecule has 0 saturated carbocycles. The van der Waals surface area contributed by atoms with Gasteiger partial charge < -0.3 is 9.80 Å². The summed E-state index contributed by atoms with van der Waals surface area (Å²) in [6.45, 7) is 7.60. The quantitative estimate of drug-likeness (QED) is 0.780. The van der Waals surface area contributed by atoms with E-state index in [1.54, 1.807) is 11.0 Å². The maximum Gasteiger partial charge on any atom is 0.453 e. The SMILES string of the molecule is CC(C)(C)C(=O)N1CCN(c2ccc3nnc(C(F)(F)F)n3n2)CC1. The van der Waals surface area contributed by atoms with E-state index in [-0.39, 0.29) is 11.6 Å². The number of piperazine rings is 1. The van der Waals surface area contributed by atoms with Crippen LogP contribution in [0.25, 0.3) is 5.65 Å². The van der Waals surface area contributed by atoms with Crippen LogP contribution in [0.4, 0.5) is 19.0 Å². The van der Waals surface area contributed by atoms with Gasteiger partial charge in [0.25, 0.3) is 5.82 Å². The Bertz CT molecular complexity index is 787. The summed E-state index contributed by atoms with van der Waals surface area (Å²) in [6, 6.07) is 3.07. The van der Waals surface area contributed by atoms with Gasteiger partial charge >= 0.3 is 6.18 Å². The van der Waals surface area contributed by atoms with E-state index in [2.05, 4.69) is 15.3 Å². The van der Waals surface area contributed by atoms with Crippen molar-refractivity contribution in [2.45, 2.75) is 26.9 Å². The first-order chi connectivity index (χ1) is 11.6. The standard InChI is InChI=1S/C15H19F3N6O/c1-14(2,3)13(25)23-8-6-22(7-9-23)11-5-4-10-19-20-12(15(16,17)18)24(10)21-11/h4-5H,6-9H2,1-3H3. The van der Waals surface area contributed by atoms with Gasteiger partial charge in [-0.2, -0.15) is 17.7 Å². The molecule has 2 aromatic heterocycles. The number of carbonyl (C=O) groups is 1. The molecule has 1 aliphatic rings. The summed E-state index contributed by atoms with van der Waals surface area (Å²) in [4.78, 5) is 15.9. The topological polar surface area (TPSA) is 66.6 Å². The Balaban J connectivity index is 1.79. The van der Waals surface area contributed by atoms with Crippen LogP contribution < -0.4 is 4.90 Å². The first-order valence-corrected chi connectivity index (χ1v) is 7.91. The molecule has 0 atom stereocenters. The van der Waals surface area contributed by atoms with Crippen molar-refractivity contribution in [2.75, 3.05) is 31.1 Å². The Morgan fingerprint density at radius 1 is 1.04 bits per heavy atom. The normalized spacial score (nSPS) is 16.6. The maximum atomic E-state index is 13.0. The van der Waals surface area contributed by atoms with Gasteiger partial charge in [-0.05, 0) is 12.1 Å². The van der Waals surface area contributed by atoms with Crippen LogP contribution in [0.3, 0.4) is 0 Å². The molecule has 2 aromatic rings. The van der Waals surface area contributed by atoms with Crippen molar-refractivity contribution in [3.63, 3.8) is 0 Å². The number of halogens is 3. The second-order valence-corrected chi connectivity index (χ2v) is 7.01. The highest BCUT2D eigenvalue weighted by atomic mass is 19.4. The largest absolute Gasteiger partial charge is 0.453 e. The molecule has 0 spiro atoms. The van der Waals surface area contributed by atoms with Gasteiger partial charge in [0.05, 0.1) is 0 Å². The fraction of sp³-hybridized carbons (Fsp3) is 0.600. The van der Waals surface area contributed by atoms with Gasteiger partial charge in [-0.25, -0.2) is 0 Å². The van der Waals surface area contributed by atoms with E-state index >= 15 is 0 Å². The maximum absolute atomic E-state index is 13.0. The van der Waals surface area contributed by atoms with Crippen molar-refractivity contribution < 1.29 is 18.0 Å². The van der Waals surface area contributed by atoms with E-state index in [1.807, 2.05) is 25.7 Å². The second kappa shape index (κ2) is 5.85. The van der Waals surface area contributed by atoms with E-state index in [1.165, 1.54) is 6.07 Å². The van der Waals surface area contributed by atoms with Crippen molar-refractivity contribution in [1.29, 1.82) is 0 Å². The number of fused-ring (bicyclic) bond motifs is 1. The molecule has 1 aliphatic heterocycles. The minimum atomic E-state index is -4.62. The predicted octanol–water partition coefficient (Wildman–Crippen LogP) is 1.84. The molecule has 1 fully saturated rings. The average Bonchev–Trinajstić information content (AvgIpc) is 2.96. The van der Waals surface area contributed by atoms with Crippen molar-refractivity contribution >= 4 is 17.4 Å². The summed E-state index contributed by atoms with van der Waals surface area (Å²) in [6.07, 6.45) is -4.62. The van der Waals surface area contributed by atoms with Crippen molar-refractivity contribution in [1.82, 2.24) is 24.7 Å². The fourth-order valence-electron chi connectivity index (χ4n) is 2.74. The summed E-state index contributed by atoms with van der Waals surface area (Å²) in [7, 11) is 0. The van der Waals surface area contributed by atoms with E-state index in [4.69, 9.17) is 0 Å². The number of amides is 1. The van der Waals surface area contributed by atoms with Gasteiger partial charge in [-0.3, -0.25) is 4.79 Å². The van der Waals surface area contributed by atoms with Crippen molar-refractivity contribution in [3.8, 4) is 0 Å². The highest BCUT2D eigenvalue weighted by Crippen LogP contribution is 2.28. The van der Waals surface area contributed by atoms with Crippen LogP contribution in [0.1, 0.15) is 26.6 Å². The third kappa shape index (κ3) is 3.38. The molecule has 0 aliphatic carbocycles. The lowest BCUT2D eigenvalue weighted by atomic mass is 9.94. The molecular formula is C15H19F3N6O. The molecule has 1 amide bonds. The third-order valence-electron chi connectivity index (χ3n) is 4.03. The van der Waals surface area contributed by atoms with Crippen LogP contribution in [-0.4, -0.2) is 56.8 Å². The number of nitrogens with zero attached hydrogens (tertiary/aromatic N) is 6. The first-order valence-electron chi connectivity index (χ1n) is 7.91. The zero-order valence-corrected chi connectivity index (χ0v) is 14.2. The summed E-state index contributed by atoms with van der Waals surface area (Å²) in [5, 5.41) is 10.7. The smallest absolute Gasteiger partial charge is 0.352 e. The Hall–Kier alpha value is -2.39. The molecule has 0 unspecified atom stereocenters. The van der Waals surface area contributed by atoms with Gasteiger partial charge in [0.15, 0.2) is 5.65 Å². The van der Waals surface area contributed by atoms with Crippen LogP contribution in [-0.2, 0) is 11.0 Å². The van der Waals surface area contributed by atoms with E-state index in [0.29, 0.717) is 36.5 Å².